The van der Waals surface area contributed by atoms with Gasteiger partial charge < -0.3 is 5.32 Å². The van der Waals surface area contributed by atoms with Crippen molar-refractivity contribution in [3.63, 3.8) is 0 Å². The van der Waals surface area contributed by atoms with Crippen LogP contribution in [0, 0.1) is 0 Å². The molecule has 2 heterocycles. The predicted octanol–water partition coefficient (Wildman–Crippen LogP) is 3.97. The van der Waals surface area contributed by atoms with Gasteiger partial charge in [-0.3, -0.25) is 0 Å². The van der Waals surface area contributed by atoms with E-state index in [2.05, 4.69) is 15.3 Å². The first-order chi connectivity index (χ1) is 9.49. The van der Waals surface area contributed by atoms with Crippen LogP contribution < -0.4 is 5.32 Å². The third-order valence-electron chi connectivity index (χ3n) is 2.58. The van der Waals surface area contributed by atoms with Crippen LogP contribution in [-0.2, 0) is 12.6 Å². The second-order valence-corrected chi connectivity index (χ2v) is 5.24. The van der Waals surface area contributed by atoms with Gasteiger partial charge in [-0.25, -0.2) is 9.97 Å². The largest absolute Gasteiger partial charge is 0.416 e. The van der Waals surface area contributed by atoms with Gasteiger partial charge in [-0.15, -0.1) is 11.3 Å². The maximum atomic E-state index is 12.9. The van der Waals surface area contributed by atoms with E-state index in [0.717, 1.165) is 23.6 Å². The van der Waals surface area contributed by atoms with Crippen LogP contribution in [0.3, 0.4) is 0 Å². The number of pyridine rings is 1. The van der Waals surface area contributed by atoms with Crippen molar-refractivity contribution < 1.29 is 13.2 Å². The lowest BCUT2D eigenvalue weighted by Crippen LogP contribution is -2.10. The second-order valence-electron chi connectivity index (χ2n) is 4.26. The van der Waals surface area contributed by atoms with E-state index >= 15 is 0 Å². The molecular formula is C13H14F3N3S. The number of nitrogens with one attached hydrogen (secondary N) is 1. The van der Waals surface area contributed by atoms with E-state index in [9.17, 15) is 13.2 Å². The lowest BCUT2D eigenvalue weighted by atomic mass is 10.2. The fraction of sp³-hybridized carbons (Fsp3) is 0.385. The van der Waals surface area contributed by atoms with Gasteiger partial charge in [0.2, 0.25) is 0 Å². The zero-order chi connectivity index (χ0) is 14.6. The van der Waals surface area contributed by atoms with Crippen molar-refractivity contribution in [2.45, 2.75) is 25.9 Å². The molecule has 2 aromatic rings. The zero-order valence-corrected chi connectivity index (χ0v) is 11.7. The van der Waals surface area contributed by atoms with Crippen molar-refractivity contribution in [3.8, 4) is 0 Å². The first-order valence-corrected chi connectivity index (χ1v) is 7.07. The summed E-state index contributed by atoms with van der Waals surface area (Å²) in [6, 6.07) is 2.12. The number of nitrogens with zero attached hydrogens (tertiary/aromatic N) is 2. The minimum Gasteiger partial charge on any atom is -0.370 e. The zero-order valence-electron chi connectivity index (χ0n) is 10.9. The predicted molar refractivity (Wildman–Crippen MR) is 72.9 cm³/mol. The van der Waals surface area contributed by atoms with Crippen molar-refractivity contribution in [3.05, 3.63) is 40.0 Å². The summed E-state index contributed by atoms with van der Waals surface area (Å²) in [5.74, 6) is 0.258. The standard InChI is InChI=1S/C13H14F3N3S/c1-2-3-17-11-7-9(13(14,15)16)6-10(19-11)8-12-18-4-5-20-12/h4-7H,2-3,8H2,1H3,(H,17,19). The highest BCUT2D eigenvalue weighted by atomic mass is 32.1. The number of hydrogen-bond donors (Lipinski definition) is 1. The van der Waals surface area contributed by atoms with Gasteiger partial charge in [0.05, 0.1) is 16.3 Å². The van der Waals surface area contributed by atoms with Crippen molar-refractivity contribution in [1.29, 1.82) is 0 Å². The summed E-state index contributed by atoms with van der Waals surface area (Å²) in [6.45, 7) is 2.53. The quantitative estimate of drug-likeness (QED) is 0.908. The molecule has 0 unspecified atom stereocenters. The van der Waals surface area contributed by atoms with Gasteiger partial charge in [0, 0.05) is 24.5 Å². The molecule has 0 aromatic carbocycles. The summed E-state index contributed by atoms with van der Waals surface area (Å²) in [4.78, 5) is 8.29. The van der Waals surface area contributed by atoms with E-state index < -0.39 is 11.7 Å². The number of thiazole rings is 1. The Morgan fingerprint density at radius 3 is 2.70 bits per heavy atom. The molecule has 0 fully saturated rings. The van der Waals surface area contributed by atoms with E-state index in [1.165, 1.54) is 11.3 Å². The average Bonchev–Trinajstić information content (AvgIpc) is 2.88. The Labute approximate surface area is 118 Å². The number of hydrogen-bond acceptors (Lipinski definition) is 4. The second kappa shape index (κ2) is 6.21. The SMILES string of the molecule is CCCNc1cc(C(F)(F)F)cc(Cc2nccs2)n1. The molecule has 0 saturated carbocycles. The summed E-state index contributed by atoms with van der Waals surface area (Å²) in [5, 5.41) is 5.44. The molecule has 0 spiro atoms. The number of anilines is 1. The Kier molecular flexibility index (Phi) is 4.59. The molecule has 20 heavy (non-hydrogen) atoms. The van der Waals surface area contributed by atoms with E-state index in [-0.39, 0.29) is 5.82 Å². The Morgan fingerprint density at radius 1 is 1.30 bits per heavy atom. The van der Waals surface area contributed by atoms with E-state index in [4.69, 9.17) is 0 Å². The minimum atomic E-state index is -4.37. The van der Waals surface area contributed by atoms with E-state index in [0.29, 0.717) is 18.7 Å². The average molecular weight is 301 g/mol. The molecule has 108 valence electrons. The van der Waals surface area contributed by atoms with Gasteiger partial charge in [0.1, 0.15) is 5.82 Å². The summed E-state index contributed by atoms with van der Waals surface area (Å²) in [6.07, 6.45) is -1.62. The normalized spacial score (nSPS) is 11.6. The van der Waals surface area contributed by atoms with E-state index in [1.54, 1.807) is 11.6 Å². The third kappa shape index (κ3) is 3.93. The monoisotopic (exact) mass is 301 g/mol. The fourth-order valence-corrected chi connectivity index (χ4v) is 2.31. The molecule has 2 rings (SSSR count). The van der Waals surface area contributed by atoms with Crippen molar-refractivity contribution in [1.82, 2.24) is 9.97 Å². The summed E-state index contributed by atoms with van der Waals surface area (Å²) in [7, 11) is 0. The third-order valence-corrected chi connectivity index (χ3v) is 3.36. The molecule has 2 aromatic heterocycles. The van der Waals surface area contributed by atoms with Crippen LogP contribution in [0.15, 0.2) is 23.7 Å². The highest BCUT2D eigenvalue weighted by Crippen LogP contribution is 2.31. The smallest absolute Gasteiger partial charge is 0.370 e. The highest BCUT2D eigenvalue weighted by molar-refractivity contribution is 7.09. The molecule has 0 saturated heterocycles. The van der Waals surface area contributed by atoms with Crippen LogP contribution in [0.2, 0.25) is 0 Å². The van der Waals surface area contributed by atoms with E-state index in [1.807, 2.05) is 6.92 Å². The van der Waals surface area contributed by atoms with Gasteiger partial charge in [-0.05, 0) is 18.6 Å². The van der Waals surface area contributed by atoms with Gasteiger partial charge >= 0.3 is 6.18 Å². The highest BCUT2D eigenvalue weighted by Gasteiger charge is 2.31. The van der Waals surface area contributed by atoms with Gasteiger partial charge in [0.15, 0.2) is 0 Å². The first kappa shape index (κ1) is 14.8. The molecule has 0 bridgehead atoms. The Bertz CT molecular complexity index is 552. The Hall–Kier alpha value is -1.63. The van der Waals surface area contributed by atoms with Crippen molar-refractivity contribution >= 4 is 17.2 Å². The Morgan fingerprint density at radius 2 is 2.10 bits per heavy atom. The van der Waals surface area contributed by atoms with Crippen LogP contribution in [0.1, 0.15) is 29.6 Å². The Balaban J connectivity index is 2.29. The number of aromatic nitrogens is 2. The van der Waals surface area contributed by atoms with Crippen LogP contribution in [0.25, 0.3) is 0 Å². The maximum Gasteiger partial charge on any atom is 0.416 e. The van der Waals surface area contributed by atoms with Crippen LogP contribution in [-0.4, -0.2) is 16.5 Å². The molecule has 1 N–H and O–H groups in total. The molecule has 0 aliphatic heterocycles. The molecule has 0 atom stereocenters. The molecule has 0 aliphatic carbocycles. The topological polar surface area (TPSA) is 37.8 Å². The van der Waals surface area contributed by atoms with Crippen LogP contribution in [0.5, 0.6) is 0 Å². The van der Waals surface area contributed by atoms with Crippen LogP contribution in [0.4, 0.5) is 19.0 Å². The molecular weight excluding hydrogens is 287 g/mol. The number of halogens is 3. The number of rotatable bonds is 5. The summed E-state index contributed by atoms with van der Waals surface area (Å²) < 4.78 is 38.6. The molecule has 0 amide bonds. The molecule has 0 radical (unpaired) electrons. The van der Waals surface area contributed by atoms with Gasteiger partial charge in [-0.2, -0.15) is 13.2 Å². The van der Waals surface area contributed by atoms with Gasteiger partial charge in [0.25, 0.3) is 0 Å². The molecule has 7 heteroatoms. The van der Waals surface area contributed by atoms with Crippen molar-refractivity contribution in [2.75, 3.05) is 11.9 Å². The lowest BCUT2D eigenvalue weighted by molar-refractivity contribution is -0.137. The van der Waals surface area contributed by atoms with Crippen molar-refractivity contribution in [2.24, 2.45) is 0 Å². The summed E-state index contributed by atoms with van der Waals surface area (Å²) in [5.41, 5.74) is -0.314. The molecule has 3 nitrogen and oxygen atoms in total. The fourth-order valence-electron chi connectivity index (χ4n) is 1.68. The van der Waals surface area contributed by atoms with Crippen LogP contribution >= 0.6 is 11.3 Å². The first-order valence-electron chi connectivity index (χ1n) is 6.19. The lowest BCUT2D eigenvalue weighted by Gasteiger charge is -2.12. The minimum absolute atomic E-state index is 0.258. The number of alkyl halides is 3. The van der Waals surface area contributed by atoms with Gasteiger partial charge in [-0.1, -0.05) is 6.92 Å². The summed E-state index contributed by atoms with van der Waals surface area (Å²) >= 11 is 1.40. The maximum absolute atomic E-state index is 12.9. The molecule has 0 aliphatic rings.